The highest BCUT2D eigenvalue weighted by molar-refractivity contribution is 5.25. The Morgan fingerprint density at radius 3 is 3.00 bits per heavy atom. The van der Waals surface area contributed by atoms with E-state index in [1.54, 1.807) is 6.20 Å². The first kappa shape index (κ1) is 11.9. The van der Waals surface area contributed by atoms with Crippen molar-refractivity contribution in [2.24, 2.45) is 5.73 Å². The van der Waals surface area contributed by atoms with Crippen LogP contribution in [0.4, 0.5) is 0 Å². The molecule has 0 bridgehead atoms. The van der Waals surface area contributed by atoms with Gasteiger partial charge in [-0.3, -0.25) is 0 Å². The Morgan fingerprint density at radius 1 is 1.40 bits per heavy atom. The van der Waals surface area contributed by atoms with Crippen LogP contribution >= 0.6 is 0 Å². The number of hydrogen-bond acceptors (Lipinski definition) is 4. The van der Waals surface area contributed by atoms with E-state index < -0.39 is 0 Å². The molecule has 84 valence electrons. The fourth-order valence-corrected chi connectivity index (χ4v) is 1.35. The summed E-state index contributed by atoms with van der Waals surface area (Å²) in [6, 6.07) is 3.89. The molecular weight excluding hydrogens is 192 g/mol. The average Bonchev–Trinajstić information content (AvgIpc) is 2.28. The zero-order valence-corrected chi connectivity index (χ0v) is 8.85. The largest absolute Gasteiger partial charge is 0.475 e. The van der Waals surface area contributed by atoms with Crippen LogP contribution in [-0.4, -0.2) is 29.8 Å². The first-order valence-electron chi connectivity index (χ1n) is 5.26. The minimum atomic E-state index is 0.0127. The van der Waals surface area contributed by atoms with Crippen molar-refractivity contribution in [1.82, 2.24) is 4.98 Å². The number of pyridine rings is 1. The molecule has 0 amide bonds. The number of unbranched alkanes of at least 4 members (excludes halogenated alkanes) is 1. The van der Waals surface area contributed by atoms with E-state index in [1.807, 2.05) is 12.1 Å². The van der Waals surface area contributed by atoms with Crippen LogP contribution in [0.15, 0.2) is 18.3 Å². The molecule has 0 saturated carbocycles. The van der Waals surface area contributed by atoms with E-state index in [0.29, 0.717) is 19.0 Å². The number of nitrogens with zero attached hydrogens (tertiary/aromatic N) is 1. The van der Waals surface area contributed by atoms with Crippen molar-refractivity contribution in [3.8, 4) is 5.88 Å². The highest BCUT2D eigenvalue weighted by atomic mass is 16.5. The van der Waals surface area contributed by atoms with Gasteiger partial charge in [-0.2, -0.15) is 0 Å². The van der Waals surface area contributed by atoms with Crippen LogP contribution in [0.25, 0.3) is 0 Å². The molecule has 1 aromatic rings. The first-order chi connectivity index (χ1) is 7.38. The molecule has 0 atom stereocenters. The maximum absolute atomic E-state index is 8.66. The first-order valence-corrected chi connectivity index (χ1v) is 5.26. The van der Waals surface area contributed by atoms with Crippen LogP contribution in [-0.2, 0) is 6.42 Å². The van der Waals surface area contributed by atoms with Gasteiger partial charge in [0.05, 0.1) is 6.61 Å². The molecule has 0 aliphatic heterocycles. The molecule has 1 rings (SSSR count). The Balaban J connectivity index is 2.52. The number of nitrogens with two attached hydrogens (primary N) is 1. The third-order valence-corrected chi connectivity index (χ3v) is 2.08. The molecule has 0 spiro atoms. The van der Waals surface area contributed by atoms with Crippen molar-refractivity contribution < 1.29 is 9.84 Å². The lowest BCUT2D eigenvalue weighted by Crippen LogP contribution is -2.06. The van der Waals surface area contributed by atoms with Crippen molar-refractivity contribution in [3.05, 3.63) is 23.9 Å². The number of aromatic nitrogens is 1. The minimum absolute atomic E-state index is 0.0127. The van der Waals surface area contributed by atoms with E-state index in [-0.39, 0.29) is 6.61 Å². The lowest BCUT2D eigenvalue weighted by atomic mass is 10.1. The summed E-state index contributed by atoms with van der Waals surface area (Å²) >= 11 is 0. The van der Waals surface area contributed by atoms with Crippen molar-refractivity contribution in [2.75, 3.05) is 19.8 Å². The van der Waals surface area contributed by atoms with E-state index in [0.717, 1.165) is 24.8 Å². The van der Waals surface area contributed by atoms with Crippen molar-refractivity contribution in [2.45, 2.75) is 19.3 Å². The predicted molar refractivity (Wildman–Crippen MR) is 58.8 cm³/mol. The normalized spacial score (nSPS) is 10.3. The van der Waals surface area contributed by atoms with Gasteiger partial charge < -0.3 is 15.6 Å². The fourth-order valence-electron chi connectivity index (χ4n) is 1.35. The second-order valence-corrected chi connectivity index (χ2v) is 3.29. The minimum Gasteiger partial charge on any atom is -0.475 e. The molecule has 0 saturated heterocycles. The summed E-state index contributed by atoms with van der Waals surface area (Å²) in [5.41, 5.74) is 6.51. The summed E-state index contributed by atoms with van der Waals surface area (Å²) in [6.45, 7) is 1.02. The van der Waals surface area contributed by atoms with Crippen LogP contribution in [0.5, 0.6) is 5.88 Å². The molecule has 1 aromatic heterocycles. The zero-order valence-electron chi connectivity index (χ0n) is 8.85. The van der Waals surface area contributed by atoms with Crippen LogP contribution < -0.4 is 10.5 Å². The summed E-state index contributed by atoms with van der Waals surface area (Å²) in [7, 11) is 0. The number of aryl methyl sites for hydroxylation is 1. The zero-order chi connectivity index (χ0) is 10.9. The fraction of sp³-hybridized carbons (Fsp3) is 0.545. The van der Waals surface area contributed by atoms with Crippen LogP contribution in [0, 0.1) is 0 Å². The Bertz CT molecular complexity index is 279. The van der Waals surface area contributed by atoms with E-state index in [1.165, 1.54) is 0 Å². The maximum Gasteiger partial charge on any atom is 0.216 e. The Morgan fingerprint density at radius 2 is 2.27 bits per heavy atom. The molecular formula is C11H18N2O2. The second kappa shape index (κ2) is 7.20. The van der Waals surface area contributed by atoms with Gasteiger partial charge in [0.15, 0.2) is 0 Å². The second-order valence-electron chi connectivity index (χ2n) is 3.29. The van der Waals surface area contributed by atoms with Gasteiger partial charge in [0.25, 0.3) is 0 Å². The van der Waals surface area contributed by atoms with Gasteiger partial charge in [0.2, 0.25) is 5.88 Å². The lowest BCUT2D eigenvalue weighted by molar-refractivity contribution is 0.195. The molecule has 1 heterocycles. The SMILES string of the molecule is NCCCCc1cccnc1OCCO. The lowest BCUT2D eigenvalue weighted by Gasteiger charge is -2.08. The summed E-state index contributed by atoms with van der Waals surface area (Å²) in [6.07, 6.45) is 4.66. The summed E-state index contributed by atoms with van der Waals surface area (Å²) in [5, 5.41) is 8.66. The topological polar surface area (TPSA) is 68.4 Å². The molecule has 0 radical (unpaired) electrons. The predicted octanol–water partition coefficient (Wildman–Crippen LogP) is 0.734. The van der Waals surface area contributed by atoms with Crippen LogP contribution in [0.2, 0.25) is 0 Å². The molecule has 0 aliphatic carbocycles. The summed E-state index contributed by atoms with van der Waals surface area (Å²) in [4.78, 5) is 4.13. The summed E-state index contributed by atoms with van der Waals surface area (Å²) in [5.74, 6) is 0.628. The van der Waals surface area contributed by atoms with Gasteiger partial charge in [-0.1, -0.05) is 6.07 Å². The number of hydrogen-bond donors (Lipinski definition) is 2. The van der Waals surface area contributed by atoms with Gasteiger partial charge in [-0.05, 0) is 31.9 Å². The van der Waals surface area contributed by atoms with Gasteiger partial charge in [-0.15, -0.1) is 0 Å². The quantitative estimate of drug-likeness (QED) is 0.651. The van der Waals surface area contributed by atoms with E-state index >= 15 is 0 Å². The number of ether oxygens (including phenoxy) is 1. The molecule has 0 unspecified atom stereocenters. The van der Waals surface area contributed by atoms with Gasteiger partial charge in [0.1, 0.15) is 6.61 Å². The molecule has 15 heavy (non-hydrogen) atoms. The standard InChI is InChI=1S/C11H18N2O2/c12-6-2-1-4-10-5-3-7-13-11(10)15-9-8-14/h3,5,7,14H,1-2,4,6,8-9,12H2. The number of aliphatic hydroxyl groups excluding tert-OH is 1. The third kappa shape index (κ3) is 4.27. The Labute approximate surface area is 90.1 Å². The highest BCUT2D eigenvalue weighted by Crippen LogP contribution is 2.16. The average molecular weight is 210 g/mol. The Kier molecular flexibility index (Phi) is 5.73. The molecule has 0 aliphatic rings. The van der Waals surface area contributed by atoms with Gasteiger partial charge >= 0.3 is 0 Å². The van der Waals surface area contributed by atoms with Crippen LogP contribution in [0.1, 0.15) is 18.4 Å². The highest BCUT2D eigenvalue weighted by Gasteiger charge is 2.03. The molecule has 0 aromatic carbocycles. The van der Waals surface area contributed by atoms with E-state index in [2.05, 4.69) is 4.98 Å². The van der Waals surface area contributed by atoms with Gasteiger partial charge in [-0.25, -0.2) is 4.98 Å². The monoisotopic (exact) mass is 210 g/mol. The van der Waals surface area contributed by atoms with Gasteiger partial charge in [0, 0.05) is 11.8 Å². The third-order valence-electron chi connectivity index (χ3n) is 2.08. The number of rotatable bonds is 7. The van der Waals surface area contributed by atoms with Crippen molar-refractivity contribution in [1.29, 1.82) is 0 Å². The van der Waals surface area contributed by atoms with E-state index in [4.69, 9.17) is 15.6 Å². The van der Waals surface area contributed by atoms with Crippen molar-refractivity contribution >= 4 is 0 Å². The molecule has 3 N–H and O–H groups in total. The number of aliphatic hydroxyl groups is 1. The molecule has 0 fully saturated rings. The maximum atomic E-state index is 8.66. The smallest absolute Gasteiger partial charge is 0.216 e. The van der Waals surface area contributed by atoms with E-state index in [9.17, 15) is 0 Å². The molecule has 4 heteroatoms. The molecule has 4 nitrogen and oxygen atoms in total. The Hall–Kier alpha value is -1.13. The van der Waals surface area contributed by atoms with Crippen molar-refractivity contribution in [3.63, 3.8) is 0 Å². The van der Waals surface area contributed by atoms with Crippen LogP contribution in [0.3, 0.4) is 0 Å². The summed E-state index contributed by atoms with van der Waals surface area (Å²) < 4.78 is 5.32.